The number of carbonyl (C=O) groups excluding carboxylic acids is 1. The van der Waals surface area contributed by atoms with Gasteiger partial charge in [0.1, 0.15) is 18.2 Å². The molecule has 0 bridgehead atoms. The zero-order valence-corrected chi connectivity index (χ0v) is 19.5. The molecule has 9 nitrogen and oxygen atoms in total. The van der Waals surface area contributed by atoms with Crippen molar-refractivity contribution < 1.29 is 19.0 Å². The van der Waals surface area contributed by atoms with Gasteiger partial charge in [0, 0.05) is 33.2 Å². The maximum atomic E-state index is 12.6. The quantitative estimate of drug-likeness (QED) is 0.510. The van der Waals surface area contributed by atoms with Crippen LogP contribution in [0.5, 0.6) is 5.75 Å². The molecule has 180 valence electrons. The number of carbonyl (C=O) groups is 1. The number of primary amides is 1. The molecule has 2 heterocycles. The molecule has 0 aliphatic carbocycles. The van der Waals surface area contributed by atoms with Crippen molar-refractivity contribution in [2.45, 2.75) is 25.7 Å². The van der Waals surface area contributed by atoms with Crippen LogP contribution in [-0.2, 0) is 34.3 Å². The van der Waals surface area contributed by atoms with Gasteiger partial charge in [0.2, 0.25) is 5.72 Å². The van der Waals surface area contributed by atoms with Crippen LogP contribution in [0.2, 0.25) is 0 Å². The maximum absolute atomic E-state index is 12.6. The second-order valence-corrected chi connectivity index (χ2v) is 8.20. The molecular formula is C25H30N4O5. The minimum absolute atomic E-state index is 0.110. The Balaban J connectivity index is 1.49. The summed E-state index contributed by atoms with van der Waals surface area (Å²) in [5.41, 5.74) is 6.03. The first kappa shape index (κ1) is 23.9. The SMILES string of the molecule is CCOC(Cc1ccc(OCc2nc3ccccc3c(=O)n2C)cc1)(C(N)=O)N1CCOCC1. The molecule has 1 unspecified atom stereocenters. The summed E-state index contributed by atoms with van der Waals surface area (Å²) in [6.45, 7) is 4.56. The van der Waals surface area contributed by atoms with Crippen molar-refractivity contribution in [1.82, 2.24) is 14.5 Å². The van der Waals surface area contributed by atoms with E-state index in [4.69, 9.17) is 19.9 Å². The third-order valence-electron chi connectivity index (χ3n) is 6.10. The van der Waals surface area contributed by atoms with E-state index in [1.54, 1.807) is 13.1 Å². The van der Waals surface area contributed by atoms with Crippen LogP contribution in [0, 0.1) is 0 Å². The summed E-state index contributed by atoms with van der Waals surface area (Å²) in [6, 6.07) is 14.7. The summed E-state index contributed by atoms with van der Waals surface area (Å²) in [4.78, 5) is 31.7. The number of aromatic nitrogens is 2. The Bertz CT molecular complexity index is 1200. The minimum atomic E-state index is -1.23. The van der Waals surface area contributed by atoms with Gasteiger partial charge in [0.05, 0.1) is 24.1 Å². The van der Waals surface area contributed by atoms with E-state index in [0.717, 1.165) is 5.56 Å². The average molecular weight is 467 g/mol. The van der Waals surface area contributed by atoms with Crippen LogP contribution in [0.15, 0.2) is 53.3 Å². The number of para-hydroxylation sites is 1. The Kier molecular flexibility index (Phi) is 7.26. The van der Waals surface area contributed by atoms with E-state index in [0.29, 0.717) is 61.8 Å². The van der Waals surface area contributed by atoms with Crippen LogP contribution in [0.1, 0.15) is 18.3 Å². The van der Waals surface area contributed by atoms with Gasteiger partial charge in [-0.3, -0.25) is 19.1 Å². The fraction of sp³-hybridized carbons (Fsp3) is 0.400. The second-order valence-electron chi connectivity index (χ2n) is 8.20. The van der Waals surface area contributed by atoms with Crippen LogP contribution >= 0.6 is 0 Å². The van der Waals surface area contributed by atoms with Gasteiger partial charge in [-0.1, -0.05) is 24.3 Å². The molecule has 3 aromatic rings. The highest BCUT2D eigenvalue weighted by Gasteiger charge is 2.44. The summed E-state index contributed by atoms with van der Waals surface area (Å²) in [6.07, 6.45) is 0.317. The monoisotopic (exact) mass is 466 g/mol. The van der Waals surface area contributed by atoms with Crippen molar-refractivity contribution >= 4 is 16.8 Å². The normalized spacial score (nSPS) is 16.3. The summed E-state index contributed by atoms with van der Waals surface area (Å²) in [7, 11) is 1.69. The van der Waals surface area contributed by atoms with Crippen molar-refractivity contribution in [2.75, 3.05) is 32.9 Å². The number of rotatable bonds is 9. The summed E-state index contributed by atoms with van der Waals surface area (Å²) < 4.78 is 18.8. The molecular weight excluding hydrogens is 436 g/mol. The van der Waals surface area contributed by atoms with Gasteiger partial charge in [-0.15, -0.1) is 0 Å². The number of amides is 1. The molecule has 1 atom stereocenters. The van der Waals surface area contributed by atoms with E-state index in [1.165, 1.54) is 4.57 Å². The lowest BCUT2D eigenvalue weighted by atomic mass is 9.99. The van der Waals surface area contributed by atoms with Gasteiger partial charge >= 0.3 is 0 Å². The van der Waals surface area contributed by atoms with Gasteiger partial charge in [-0.2, -0.15) is 0 Å². The van der Waals surface area contributed by atoms with Crippen molar-refractivity contribution in [1.29, 1.82) is 0 Å². The summed E-state index contributed by atoms with van der Waals surface area (Å²) in [5.74, 6) is 0.641. The maximum Gasteiger partial charge on any atom is 0.265 e. The molecule has 0 spiro atoms. The molecule has 1 aromatic heterocycles. The van der Waals surface area contributed by atoms with E-state index < -0.39 is 11.6 Å². The highest BCUT2D eigenvalue weighted by Crippen LogP contribution is 2.26. The average Bonchev–Trinajstić information content (AvgIpc) is 2.86. The zero-order valence-electron chi connectivity index (χ0n) is 19.5. The zero-order chi connectivity index (χ0) is 24.1. The molecule has 1 fully saturated rings. The smallest absolute Gasteiger partial charge is 0.265 e. The van der Waals surface area contributed by atoms with E-state index >= 15 is 0 Å². The molecule has 2 N–H and O–H groups in total. The lowest BCUT2D eigenvalue weighted by Crippen LogP contribution is -2.63. The summed E-state index contributed by atoms with van der Waals surface area (Å²) >= 11 is 0. The predicted molar refractivity (Wildman–Crippen MR) is 127 cm³/mol. The van der Waals surface area contributed by atoms with Gasteiger partial charge in [-0.05, 0) is 36.8 Å². The molecule has 0 radical (unpaired) electrons. The Morgan fingerprint density at radius 3 is 2.53 bits per heavy atom. The lowest BCUT2D eigenvalue weighted by Gasteiger charge is -2.42. The molecule has 1 saturated heterocycles. The van der Waals surface area contributed by atoms with E-state index in [-0.39, 0.29) is 12.2 Å². The molecule has 9 heteroatoms. The van der Waals surface area contributed by atoms with Gasteiger partial charge in [0.15, 0.2) is 0 Å². The minimum Gasteiger partial charge on any atom is -0.486 e. The molecule has 2 aromatic carbocycles. The van der Waals surface area contributed by atoms with Crippen LogP contribution in [0.3, 0.4) is 0 Å². The number of benzene rings is 2. The highest BCUT2D eigenvalue weighted by atomic mass is 16.5. The molecule has 0 saturated carbocycles. The number of ether oxygens (including phenoxy) is 3. The van der Waals surface area contributed by atoms with Crippen molar-refractivity contribution in [3.63, 3.8) is 0 Å². The second kappa shape index (κ2) is 10.3. The Morgan fingerprint density at radius 2 is 1.85 bits per heavy atom. The fourth-order valence-corrected chi connectivity index (χ4v) is 4.25. The van der Waals surface area contributed by atoms with E-state index in [9.17, 15) is 9.59 Å². The molecule has 1 amide bonds. The van der Waals surface area contributed by atoms with Crippen LogP contribution in [0.25, 0.3) is 10.9 Å². The number of nitrogens with two attached hydrogens (primary N) is 1. The van der Waals surface area contributed by atoms with E-state index in [1.807, 2.05) is 54.3 Å². The fourth-order valence-electron chi connectivity index (χ4n) is 4.25. The Labute approximate surface area is 198 Å². The van der Waals surface area contributed by atoms with Gasteiger partial charge < -0.3 is 19.9 Å². The number of fused-ring (bicyclic) bond motifs is 1. The van der Waals surface area contributed by atoms with Crippen molar-refractivity contribution in [3.8, 4) is 5.75 Å². The Hall–Kier alpha value is -3.27. The van der Waals surface area contributed by atoms with Crippen LogP contribution in [0.4, 0.5) is 0 Å². The first-order valence-electron chi connectivity index (χ1n) is 11.4. The molecule has 4 rings (SSSR count). The first-order valence-corrected chi connectivity index (χ1v) is 11.4. The van der Waals surface area contributed by atoms with Crippen LogP contribution < -0.4 is 16.0 Å². The molecule has 1 aliphatic heterocycles. The standard InChI is InChI=1S/C25H30N4O5/c1-3-34-25(24(26)31,29-12-14-32-15-13-29)16-18-8-10-19(11-9-18)33-17-22-27-21-7-5-4-6-20(21)23(30)28(22)2/h4-11H,3,12-17H2,1-2H3,(H2,26,31). The topological polar surface area (TPSA) is 109 Å². The van der Waals surface area contributed by atoms with Gasteiger partial charge in [-0.25, -0.2) is 4.98 Å². The molecule has 34 heavy (non-hydrogen) atoms. The number of hydrogen-bond donors (Lipinski definition) is 1. The van der Waals surface area contributed by atoms with Gasteiger partial charge in [0.25, 0.3) is 11.5 Å². The lowest BCUT2D eigenvalue weighted by molar-refractivity contribution is -0.187. The van der Waals surface area contributed by atoms with E-state index in [2.05, 4.69) is 4.98 Å². The first-order chi connectivity index (χ1) is 16.4. The Morgan fingerprint density at radius 1 is 1.15 bits per heavy atom. The van der Waals surface area contributed by atoms with Crippen molar-refractivity contribution in [2.24, 2.45) is 12.8 Å². The number of hydrogen-bond acceptors (Lipinski definition) is 7. The predicted octanol–water partition coefficient (Wildman–Crippen LogP) is 1.61. The summed E-state index contributed by atoms with van der Waals surface area (Å²) in [5, 5.41) is 0.575. The van der Waals surface area contributed by atoms with Crippen molar-refractivity contribution in [3.05, 3.63) is 70.3 Å². The number of nitrogens with zero attached hydrogens (tertiary/aromatic N) is 3. The third kappa shape index (κ3) is 4.82. The number of morpholine rings is 1. The molecule has 1 aliphatic rings. The van der Waals surface area contributed by atoms with Crippen LogP contribution in [-0.4, -0.2) is 59.0 Å². The largest absolute Gasteiger partial charge is 0.486 e. The highest BCUT2D eigenvalue weighted by molar-refractivity contribution is 5.83. The third-order valence-corrected chi connectivity index (χ3v) is 6.10.